The molecule has 1 amide bonds. The third-order valence-corrected chi connectivity index (χ3v) is 6.84. The van der Waals surface area contributed by atoms with Gasteiger partial charge in [-0.2, -0.15) is 4.52 Å². The summed E-state index contributed by atoms with van der Waals surface area (Å²) in [5.74, 6) is 2.44. The van der Waals surface area contributed by atoms with Crippen molar-refractivity contribution in [1.29, 1.82) is 0 Å². The molecule has 3 heterocycles. The van der Waals surface area contributed by atoms with E-state index in [0.29, 0.717) is 46.7 Å². The molecule has 0 bridgehead atoms. The molecule has 0 spiro atoms. The van der Waals surface area contributed by atoms with E-state index in [2.05, 4.69) is 5.32 Å². The number of hydrogen-bond donors (Lipinski definition) is 1. The summed E-state index contributed by atoms with van der Waals surface area (Å²) in [6.45, 7) is 5.95. The molecule has 0 aliphatic carbocycles. The maximum atomic E-state index is 14.9. The lowest BCUT2D eigenvalue weighted by Gasteiger charge is -2.34. The standard InChI is InChI=1S/C29H35FN6O5/c1-29(2,3)41-28(37)35-15-18(11-19(30)16-35)25-33-26-22-10-9-20(38-4)12-23(22)32-27(36(26)34-25)31-14-17-7-8-21(39-5)13-24(17)40-6/h7-10,12-13,18-19H,11,14-16H2,1-6H3,(H,31,32). The van der Waals surface area contributed by atoms with Crippen LogP contribution in [0.15, 0.2) is 36.4 Å². The lowest BCUT2D eigenvalue weighted by atomic mass is 9.96. The molecule has 0 saturated carbocycles. The molecule has 4 aromatic rings. The molecule has 0 radical (unpaired) electrons. The summed E-state index contributed by atoms with van der Waals surface area (Å²) in [6.07, 6.45) is -1.59. The van der Waals surface area contributed by atoms with Gasteiger partial charge in [0.2, 0.25) is 5.95 Å². The minimum absolute atomic E-state index is 0.0282. The molecule has 1 aliphatic heterocycles. The van der Waals surface area contributed by atoms with Crippen molar-refractivity contribution in [2.45, 2.75) is 51.4 Å². The van der Waals surface area contributed by atoms with Gasteiger partial charge in [-0.3, -0.25) is 0 Å². The zero-order chi connectivity index (χ0) is 29.3. The van der Waals surface area contributed by atoms with Gasteiger partial charge < -0.3 is 29.2 Å². The third kappa shape index (κ3) is 6.06. The number of benzene rings is 2. The van der Waals surface area contributed by atoms with Crippen molar-refractivity contribution in [3.63, 3.8) is 0 Å². The van der Waals surface area contributed by atoms with Crippen LogP contribution in [0.25, 0.3) is 16.6 Å². The largest absolute Gasteiger partial charge is 0.497 e. The topological polar surface area (TPSA) is 112 Å². The number of hydrogen-bond acceptors (Lipinski definition) is 9. The number of ether oxygens (including phenoxy) is 4. The fraction of sp³-hybridized carbons (Fsp3) is 0.448. The number of carbonyl (C=O) groups is 1. The second kappa shape index (κ2) is 11.3. The van der Waals surface area contributed by atoms with E-state index < -0.39 is 23.8 Å². The first kappa shape index (κ1) is 28.2. The average Bonchev–Trinajstić information content (AvgIpc) is 3.40. The Kier molecular flexibility index (Phi) is 7.74. The number of alkyl halides is 1. The summed E-state index contributed by atoms with van der Waals surface area (Å²) in [4.78, 5) is 23.8. The average molecular weight is 567 g/mol. The number of likely N-dealkylation sites (tertiary alicyclic amines) is 1. The van der Waals surface area contributed by atoms with Gasteiger partial charge in [0.15, 0.2) is 11.5 Å². The number of nitrogens with zero attached hydrogens (tertiary/aromatic N) is 5. The zero-order valence-electron chi connectivity index (χ0n) is 24.1. The van der Waals surface area contributed by atoms with E-state index in [1.165, 1.54) is 4.90 Å². The number of carbonyl (C=O) groups excluding carboxylic acids is 1. The molecular formula is C29H35FN6O5. The van der Waals surface area contributed by atoms with Crippen LogP contribution in [0.3, 0.4) is 0 Å². The van der Waals surface area contributed by atoms with Crippen molar-refractivity contribution in [3.8, 4) is 17.2 Å². The van der Waals surface area contributed by atoms with E-state index in [4.69, 9.17) is 34.0 Å². The molecule has 2 aromatic heterocycles. The summed E-state index contributed by atoms with van der Waals surface area (Å²) in [6, 6.07) is 11.1. The maximum Gasteiger partial charge on any atom is 0.410 e. The van der Waals surface area contributed by atoms with Crippen molar-refractivity contribution in [2.75, 3.05) is 39.7 Å². The van der Waals surface area contributed by atoms with Crippen LogP contribution in [0, 0.1) is 0 Å². The molecule has 1 fully saturated rings. The van der Waals surface area contributed by atoms with Gasteiger partial charge in [-0.1, -0.05) is 0 Å². The number of nitrogens with one attached hydrogen (secondary N) is 1. The van der Waals surface area contributed by atoms with Crippen LogP contribution >= 0.6 is 0 Å². The number of methoxy groups -OCH3 is 3. The number of fused-ring (bicyclic) bond motifs is 3. The molecule has 5 rings (SSSR count). The SMILES string of the molecule is COc1ccc(CNc2nc3cc(OC)ccc3c3nc(C4CC(F)CN(C(=O)OC(C)(C)C)C4)nn23)c(OC)c1. The van der Waals surface area contributed by atoms with Gasteiger partial charge in [0.1, 0.15) is 29.0 Å². The molecule has 41 heavy (non-hydrogen) atoms. The fourth-order valence-electron chi connectivity index (χ4n) is 4.89. The molecule has 1 aliphatic rings. The molecular weight excluding hydrogens is 531 g/mol. The maximum absolute atomic E-state index is 14.9. The van der Waals surface area contributed by atoms with E-state index in [1.807, 2.05) is 36.4 Å². The second-order valence-corrected chi connectivity index (χ2v) is 11.0. The van der Waals surface area contributed by atoms with Gasteiger partial charge in [0.25, 0.3) is 0 Å². The number of aromatic nitrogens is 4. The molecule has 11 nitrogen and oxygen atoms in total. The Morgan fingerprint density at radius 1 is 1.02 bits per heavy atom. The molecule has 1 saturated heterocycles. The number of rotatable bonds is 7. The van der Waals surface area contributed by atoms with Crippen molar-refractivity contribution < 1.29 is 28.1 Å². The fourth-order valence-corrected chi connectivity index (χ4v) is 4.89. The summed E-state index contributed by atoms with van der Waals surface area (Å²) >= 11 is 0. The molecule has 2 atom stereocenters. The first-order valence-corrected chi connectivity index (χ1v) is 13.4. The van der Waals surface area contributed by atoms with Gasteiger partial charge in [-0.25, -0.2) is 19.2 Å². The minimum Gasteiger partial charge on any atom is -0.497 e. The van der Waals surface area contributed by atoms with E-state index in [9.17, 15) is 9.18 Å². The minimum atomic E-state index is -1.23. The summed E-state index contributed by atoms with van der Waals surface area (Å²) in [7, 11) is 4.80. The zero-order valence-corrected chi connectivity index (χ0v) is 24.1. The van der Waals surface area contributed by atoms with Crippen LogP contribution < -0.4 is 19.5 Å². The first-order chi connectivity index (χ1) is 19.6. The van der Waals surface area contributed by atoms with Crippen LogP contribution in [-0.4, -0.2) is 76.8 Å². The predicted octanol–water partition coefficient (Wildman–Crippen LogP) is 4.98. The number of piperidine rings is 1. The Labute approximate surface area is 237 Å². The van der Waals surface area contributed by atoms with Crippen LogP contribution in [0.1, 0.15) is 44.5 Å². The van der Waals surface area contributed by atoms with E-state index >= 15 is 0 Å². The van der Waals surface area contributed by atoms with Gasteiger partial charge >= 0.3 is 6.09 Å². The normalized spacial score (nSPS) is 17.5. The van der Waals surface area contributed by atoms with Crippen molar-refractivity contribution >= 4 is 28.6 Å². The Bertz CT molecular complexity index is 1570. The number of anilines is 1. The van der Waals surface area contributed by atoms with Crippen molar-refractivity contribution in [1.82, 2.24) is 24.5 Å². The second-order valence-electron chi connectivity index (χ2n) is 11.0. The summed E-state index contributed by atoms with van der Waals surface area (Å²) in [5.41, 5.74) is 1.41. The van der Waals surface area contributed by atoms with Crippen molar-refractivity contribution in [2.24, 2.45) is 0 Å². The van der Waals surface area contributed by atoms with Gasteiger partial charge in [-0.15, -0.1) is 5.10 Å². The lowest BCUT2D eigenvalue weighted by Crippen LogP contribution is -2.46. The molecule has 1 N–H and O–H groups in total. The van der Waals surface area contributed by atoms with E-state index in [-0.39, 0.29) is 19.5 Å². The van der Waals surface area contributed by atoms with E-state index in [0.717, 1.165) is 10.9 Å². The highest BCUT2D eigenvalue weighted by Crippen LogP contribution is 2.32. The van der Waals surface area contributed by atoms with Crippen LogP contribution in [0.4, 0.5) is 15.1 Å². The Morgan fingerprint density at radius 2 is 1.76 bits per heavy atom. The highest BCUT2D eigenvalue weighted by atomic mass is 19.1. The number of amides is 1. The quantitative estimate of drug-likeness (QED) is 0.331. The van der Waals surface area contributed by atoms with Crippen LogP contribution in [-0.2, 0) is 11.3 Å². The Morgan fingerprint density at radius 3 is 2.46 bits per heavy atom. The smallest absolute Gasteiger partial charge is 0.410 e. The Hall–Kier alpha value is -4.35. The highest BCUT2D eigenvalue weighted by molar-refractivity contribution is 5.93. The van der Waals surface area contributed by atoms with Gasteiger partial charge in [0.05, 0.1) is 33.4 Å². The molecule has 218 valence electrons. The predicted molar refractivity (Wildman–Crippen MR) is 152 cm³/mol. The Balaban J connectivity index is 1.52. The first-order valence-electron chi connectivity index (χ1n) is 13.4. The molecule has 12 heteroatoms. The van der Waals surface area contributed by atoms with E-state index in [1.54, 1.807) is 46.6 Å². The van der Waals surface area contributed by atoms with Crippen LogP contribution in [0.5, 0.6) is 17.2 Å². The highest BCUT2D eigenvalue weighted by Gasteiger charge is 2.35. The summed E-state index contributed by atoms with van der Waals surface area (Å²) in [5, 5.41) is 8.88. The monoisotopic (exact) mass is 566 g/mol. The van der Waals surface area contributed by atoms with Gasteiger partial charge in [0, 0.05) is 42.1 Å². The van der Waals surface area contributed by atoms with Crippen molar-refractivity contribution in [3.05, 3.63) is 47.8 Å². The third-order valence-electron chi connectivity index (χ3n) is 6.84. The molecule has 2 unspecified atom stereocenters. The van der Waals surface area contributed by atoms with Crippen LogP contribution in [0.2, 0.25) is 0 Å². The summed E-state index contributed by atoms with van der Waals surface area (Å²) < 4.78 is 38.3. The lowest BCUT2D eigenvalue weighted by molar-refractivity contribution is 0.0107. The molecule has 2 aromatic carbocycles. The number of halogens is 1. The van der Waals surface area contributed by atoms with Gasteiger partial charge in [-0.05, 0) is 51.5 Å².